The summed E-state index contributed by atoms with van der Waals surface area (Å²) < 4.78 is 10.8. The summed E-state index contributed by atoms with van der Waals surface area (Å²) in [5.74, 6) is 2.54. The van der Waals surface area contributed by atoms with Gasteiger partial charge >= 0.3 is 0 Å². The molecule has 0 radical (unpaired) electrons. The molecule has 146 valence electrons. The molecule has 8 nitrogen and oxygen atoms in total. The van der Waals surface area contributed by atoms with Crippen LogP contribution in [-0.4, -0.2) is 48.7 Å². The summed E-state index contributed by atoms with van der Waals surface area (Å²) >= 11 is 0. The largest absolute Gasteiger partial charge is 0.383 e. The number of anilines is 2. The van der Waals surface area contributed by atoms with Crippen LogP contribution in [0.15, 0.2) is 33.8 Å². The van der Waals surface area contributed by atoms with Crippen molar-refractivity contribution >= 4 is 23.6 Å². The molecule has 5 rings (SSSR count). The standard InChI is InChI=1S/C20H23N5O3/c1-11-12(2)15(11)18-22-19(28-23-18)16-17-20(26)24(8-9-27-3)13-6-4-5-7-14(13)25(17)10-21-16/h4-7,10-12,15-17H,8-9H2,1-3H3. The molecule has 1 aromatic heterocycles. The second-order valence-electron chi connectivity index (χ2n) is 7.77. The van der Waals surface area contributed by atoms with Crippen LogP contribution in [0.2, 0.25) is 0 Å². The summed E-state index contributed by atoms with van der Waals surface area (Å²) in [5.41, 5.74) is 1.80. The number of aromatic nitrogens is 2. The normalized spacial score (nSPS) is 30.5. The highest BCUT2D eigenvalue weighted by atomic mass is 16.5. The van der Waals surface area contributed by atoms with E-state index in [2.05, 4.69) is 29.0 Å². The molecule has 2 aromatic rings. The van der Waals surface area contributed by atoms with Crippen molar-refractivity contribution in [1.29, 1.82) is 0 Å². The zero-order valence-electron chi connectivity index (χ0n) is 16.1. The number of rotatable bonds is 5. The van der Waals surface area contributed by atoms with Gasteiger partial charge < -0.3 is 19.1 Å². The van der Waals surface area contributed by atoms with Crippen molar-refractivity contribution in [3.8, 4) is 0 Å². The smallest absolute Gasteiger partial charge is 0.254 e. The number of hydrogen-bond acceptors (Lipinski definition) is 7. The predicted octanol–water partition coefficient (Wildman–Crippen LogP) is 2.39. The Kier molecular flexibility index (Phi) is 3.97. The minimum atomic E-state index is -0.519. The van der Waals surface area contributed by atoms with Crippen LogP contribution in [0.25, 0.3) is 0 Å². The van der Waals surface area contributed by atoms with Gasteiger partial charge in [0.05, 0.1) is 24.3 Å². The second kappa shape index (κ2) is 6.41. The fraction of sp³-hybridized carbons (Fsp3) is 0.500. The molecule has 3 heterocycles. The van der Waals surface area contributed by atoms with E-state index in [1.165, 1.54) is 0 Å². The lowest BCUT2D eigenvalue weighted by Crippen LogP contribution is -2.53. The van der Waals surface area contributed by atoms with Crippen molar-refractivity contribution in [2.75, 3.05) is 30.1 Å². The number of hydrogen-bond donors (Lipinski definition) is 0. The number of ether oxygens (including phenoxy) is 1. The maximum atomic E-state index is 13.4. The summed E-state index contributed by atoms with van der Waals surface area (Å²) in [6.45, 7) is 5.32. The zero-order valence-corrected chi connectivity index (χ0v) is 16.1. The van der Waals surface area contributed by atoms with E-state index in [-0.39, 0.29) is 5.91 Å². The lowest BCUT2D eigenvalue weighted by molar-refractivity contribution is -0.120. The Bertz CT molecular complexity index is 933. The molecule has 4 unspecified atom stereocenters. The second-order valence-corrected chi connectivity index (χ2v) is 7.77. The van der Waals surface area contributed by atoms with Crippen LogP contribution in [0.5, 0.6) is 0 Å². The van der Waals surface area contributed by atoms with Crippen molar-refractivity contribution in [2.45, 2.75) is 31.8 Å². The van der Waals surface area contributed by atoms with Gasteiger partial charge in [0.1, 0.15) is 6.04 Å². The Hall–Kier alpha value is -2.74. The van der Waals surface area contributed by atoms with Gasteiger partial charge in [0.2, 0.25) is 0 Å². The summed E-state index contributed by atoms with van der Waals surface area (Å²) in [6, 6.07) is 6.81. The van der Waals surface area contributed by atoms with Gasteiger partial charge in [-0.1, -0.05) is 31.1 Å². The maximum absolute atomic E-state index is 13.4. The fourth-order valence-corrected chi connectivity index (χ4v) is 4.35. The summed E-state index contributed by atoms with van der Waals surface area (Å²) in [5, 5.41) is 4.18. The lowest BCUT2D eigenvalue weighted by Gasteiger charge is -2.39. The molecule has 0 spiro atoms. The van der Waals surface area contributed by atoms with E-state index in [1.807, 2.05) is 29.2 Å². The zero-order chi connectivity index (χ0) is 19.4. The summed E-state index contributed by atoms with van der Waals surface area (Å²) in [6.07, 6.45) is 1.71. The van der Waals surface area contributed by atoms with Gasteiger partial charge in [0, 0.05) is 19.6 Å². The number of benzene rings is 1. The van der Waals surface area contributed by atoms with Gasteiger partial charge in [-0.3, -0.25) is 9.79 Å². The van der Waals surface area contributed by atoms with Crippen LogP contribution >= 0.6 is 0 Å². The lowest BCUT2D eigenvalue weighted by atomic mass is 10.0. The monoisotopic (exact) mass is 381 g/mol. The average Bonchev–Trinajstić information content (AvgIpc) is 3.13. The van der Waals surface area contributed by atoms with Gasteiger partial charge in [0.25, 0.3) is 11.8 Å². The molecule has 28 heavy (non-hydrogen) atoms. The van der Waals surface area contributed by atoms with E-state index >= 15 is 0 Å². The molecular formula is C20H23N5O3. The Labute approximate surface area is 163 Å². The average molecular weight is 381 g/mol. The number of para-hydroxylation sites is 2. The molecule has 3 aliphatic rings. The number of fused-ring (bicyclic) bond motifs is 3. The number of carbonyl (C=O) groups is 1. The van der Waals surface area contributed by atoms with Gasteiger partial charge in [-0.15, -0.1) is 0 Å². The number of nitrogens with zero attached hydrogens (tertiary/aromatic N) is 5. The van der Waals surface area contributed by atoms with Crippen molar-refractivity contribution in [3.05, 3.63) is 36.0 Å². The number of carbonyl (C=O) groups excluding carboxylic acids is 1. The third kappa shape index (κ3) is 2.47. The van der Waals surface area contributed by atoms with Gasteiger partial charge in [-0.25, -0.2) is 0 Å². The van der Waals surface area contributed by atoms with E-state index in [1.54, 1.807) is 18.3 Å². The first kappa shape index (κ1) is 17.4. The first-order valence-electron chi connectivity index (χ1n) is 9.66. The molecule has 0 saturated heterocycles. The molecule has 1 aromatic carbocycles. The number of aliphatic imine (C=N–C) groups is 1. The molecular weight excluding hydrogens is 358 g/mol. The number of methoxy groups -OCH3 is 1. The van der Waals surface area contributed by atoms with E-state index in [4.69, 9.17) is 9.26 Å². The van der Waals surface area contributed by atoms with Crippen LogP contribution in [0, 0.1) is 11.8 Å². The van der Waals surface area contributed by atoms with Gasteiger partial charge in [0.15, 0.2) is 11.9 Å². The van der Waals surface area contributed by atoms with Crippen LogP contribution in [-0.2, 0) is 9.53 Å². The van der Waals surface area contributed by atoms with Crippen molar-refractivity contribution in [3.63, 3.8) is 0 Å². The minimum absolute atomic E-state index is 0.0360. The molecule has 4 atom stereocenters. The summed E-state index contributed by atoms with van der Waals surface area (Å²) in [7, 11) is 1.63. The molecule has 1 saturated carbocycles. The summed E-state index contributed by atoms with van der Waals surface area (Å²) in [4.78, 5) is 26.2. The first-order valence-corrected chi connectivity index (χ1v) is 9.66. The Balaban J connectivity index is 1.48. The Morgan fingerprint density at radius 1 is 1.18 bits per heavy atom. The minimum Gasteiger partial charge on any atom is -0.383 e. The topological polar surface area (TPSA) is 84.1 Å². The third-order valence-corrected chi connectivity index (χ3v) is 6.27. The molecule has 0 N–H and O–H groups in total. The van der Waals surface area contributed by atoms with E-state index in [0.29, 0.717) is 36.8 Å². The Morgan fingerprint density at radius 3 is 2.64 bits per heavy atom. The highest BCUT2D eigenvalue weighted by Crippen LogP contribution is 2.52. The SMILES string of the molecule is COCCN1C(=O)C2C(c3nc(C4C(C)C4C)no3)N=CN2c2ccccc21. The predicted molar refractivity (Wildman–Crippen MR) is 104 cm³/mol. The van der Waals surface area contributed by atoms with E-state index in [0.717, 1.165) is 17.2 Å². The molecule has 2 aliphatic heterocycles. The fourth-order valence-electron chi connectivity index (χ4n) is 4.35. The highest BCUT2D eigenvalue weighted by molar-refractivity contribution is 6.11. The Morgan fingerprint density at radius 2 is 1.93 bits per heavy atom. The van der Waals surface area contributed by atoms with Crippen molar-refractivity contribution in [2.24, 2.45) is 16.8 Å². The van der Waals surface area contributed by atoms with Crippen LogP contribution in [0.1, 0.15) is 37.5 Å². The van der Waals surface area contributed by atoms with Crippen molar-refractivity contribution in [1.82, 2.24) is 10.1 Å². The quantitative estimate of drug-likeness (QED) is 0.791. The molecule has 1 aliphatic carbocycles. The molecule has 1 amide bonds. The molecule has 0 bridgehead atoms. The molecule has 8 heteroatoms. The van der Waals surface area contributed by atoms with Gasteiger partial charge in [-0.2, -0.15) is 4.98 Å². The highest BCUT2D eigenvalue weighted by Gasteiger charge is 2.50. The maximum Gasteiger partial charge on any atom is 0.254 e. The van der Waals surface area contributed by atoms with Crippen molar-refractivity contribution < 1.29 is 14.1 Å². The third-order valence-electron chi connectivity index (χ3n) is 6.27. The first-order chi connectivity index (χ1) is 13.6. The number of amides is 1. The van der Waals surface area contributed by atoms with E-state index in [9.17, 15) is 4.79 Å². The van der Waals surface area contributed by atoms with Gasteiger partial charge in [-0.05, 0) is 24.0 Å². The van der Waals surface area contributed by atoms with Crippen LogP contribution < -0.4 is 9.80 Å². The van der Waals surface area contributed by atoms with Crippen LogP contribution in [0.4, 0.5) is 11.4 Å². The van der Waals surface area contributed by atoms with E-state index < -0.39 is 12.1 Å². The van der Waals surface area contributed by atoms with Crippen LogP contribution in [0.3, 0.4) is 0 Å². The molecule has 1 fully saturated rings.